The van der Waals surface area contributed by atoms with Crippen LogP contribution in [-0.2, 0) is 24.3 Å². The first-order valence-electron chi connectivity index (χ1n) is 8.93. The number of aryl methyl sites for hydroxylation is 1. The monoisotopic (exact) mass is 425 g/mol. The Morgan fingerprint density at radius 1 is 1.29 bits per heavy atom. The van der Waals surface area contributed by atoms with Gasteiger partial charge in [0.2, 0.25) is 5.91 Å². The molecule has 1 heterocycles. The van der Waals surface area contributed by atoms with Crippen molar-refractivity contribution in [2.45, 2.75) is 26.4 Å². The minimum absolute atomic E-state index is 0.0499. The van der Waals surface area contributed by atoms with Crippen molar-refractivity contribution in [3.63, 3.8) is 0 Å². The molecule has 0 aliphatic rings. The Labute approximate surface area is 174 Å². The number of nitrogens with zero attached hydrogens (tertiary/aromatic N) is 5. The van der Waals surface area contributed by atoms with Gasteiger partial charge in [0, 0.05) is 43.7 Å². The Bertz CT molecular complexity index is 820. The second-order valence-corrected chi connectivity index (χ2v) is 7.11. The summed E-state index contributed by atoms with van der Waals surface area (Å²) >= 11 is 12.2. The van der Waals surface area contributed by atoms with Crippen LogP contribution in [0.15, 0.2) is 29.5 Å². The smallest absolute Gasteiger partial charge is 0.241 e. The highest BCUT2D eigenvalue weighted by Gasteiger charge is 2.08. The lowest BCUT2D eigenvalue weighted by Gasteiger charge is -2.15. The number of aliphatic imine (C=N–C) groups is 1. The van der Waals surface area contributed by atoms with Gasteiger partial charge in [-0.2, -0.15) is 0 Å². The number of aromatic nitrogens is 3. The molecule has 2 aromatic rings. The number of hydrogen-bond donors (Lipinski definition) is 2. The molecule has 1 aromatic carbocycles. The number of amides is 1. The normalized spacial score (nSPS) is 11.4. The van der Waals surface area contributed by atoms with Crippen molar-refractivity contribution in [1.82, 2.24) is 30.3 Å². The molecule has 0 radical (unpaired) electrons. The van der Waals surface area contributed by atoms with E-state index in [4.69, 9.17) is 23.2 Å². The Morgan fingerprint density at radius 3 is 2.75 bits per heavy atom. The number of nitrogens with one attached hydrogen (secondary N) is 2. The summed E-state index contributed by atoms with van der Waals surface area (Å²) in [6, 6.07) is 5.29. The molecular formula is C18H25Cl2N7O. The fourth-order valence-corrected chi connectivity index (χ4v) is 2.81. The molecule has 0 bridgehead atoms. The number of halogens is 2. The van der Waals surface area contributed by atoms with Gasteiger partial charge < -0.3 is 20.1 Å². The van der Waals surface area contributed by atoms with E-state index in [9.17, 15) is 4.79 Å². The maximum atomic E-state index is 11.9. The molecule has 2 N–H and O–H groups in total. The number of rotatable bonds is 8. The van der Waals surface area contributed by atoms with Crippen LogP contribution in [0.25, 0.3) is 0 Å². The fourth-order valence-electron chi connectivity index (χ4n) is 2.34. The van der Waals surface area contributed by atoms with Crippen molar-refractivity contribution >= 4 is 35.1 Å². The molecule has 28 heavy (non-hydrogen) atoms. The second-order valence-electron chi connectivity index (χ2n) is 6.26. The third-order valence-electron chi connectivity index (χ3n) is 3.99. The topological polar surface area (TPSA) is 87.4 Å². The third-order valence-corrected chi connectivity index (χ3v) is 4.57. The van der Waals surface area contributed by atoms with Gasteiger partial charge in [-0.15, -0.1) is 10.2 Å². The minimum Gasteiger partial charge on any atom is -0.355 e. The molecule has 8 nitrogen and oxygen atoms in total. The van der Waals surface area contributed by atoms with Crippen molar-refractivity contribution in [2.24, 2.45) is 4.99 Å². The van der Waals surface area contributed by atoms with Gasteiger partial charge in [0.25, 0.3) is 0 Å². The molecule has 0 aliphatic carbocycles. The molecule has 0 unspecified atom stereocenters. The van der Waals surface area contributed by atoms with E-state index in [0.29, 0.717) is 35.6 Å². The number of guanidine groups is 1. The maximum absolute atomic E-state index is 11.9. The van der Waals surface area contributed by atoms with Crippen molar-refractivity contribution in [2.75, 3.05) is 27.2 Å². The molecule has 0 aliphatic heterocycles. The first-order valence-corrected chi connectivity index (χ1v) is 9.69. The van der Waals surface area contributed by atoms with E-state index in [1.54, 1.807) is 32.6 Å². The van der Waals surface area contributed by atoms with Gasteiger partial charge >= 0.3 is 0 Å². The predicted octanol–water partition coefficient (Wildman–Crippen LogP) is 1.97. The van der Waals surface area contributed by atoms with E-state index in [1.165, 1.54) is 4.90 Å². The summed E-state index contributed by atoms with van der Waals surface area (Å²) < 4.78 is 1.98. The lowest BCUT2D eigenvalue weighted by molar-refractivity contribution is -0.127. The van der Waals surface area contributed by atoms with E-state index in [-0.39, 0.29) is 12.5 Å². The molecule has 0 spiro atoms. The standard InChI is InChI=1S/C18H25Cl2N7O/c1-4-16-25-24-12-27(16)8-7-21-18(23-11-17(28)26(2)3)22-10-13-5-6-14(19)9-15(13)20/h5-6,9,12H,4,7-8,10-11H2,1-3H3,(H2,21,22,23). The van der Waals surface area contributed by atoms with Crippen LogP contribution in [0.1, 0.15) is 18.3 Å². The predicted molar refractivity (Wildman–Crippen MR) is 112 cm³/mol. The lowest BCUT2D eigenvalue weighted by Crippen LogP contribution is -2.43. The number of carbonyl (C=O) groups is 1. The summed E-state index contributed by atoms with van der Waals surface area (Å²) in [4.78, 5) is 17.9. The van der Waals surface area contributed by atoms with E-state index in [1.807, 2.05) is 17.6 Å². The zero-order valence-corrected chi connectivity index (χ0v) is 17.8. The van der Waals surface area contributed by atoms with Crippen LogP contribution in [0.2, 0.25) is 10.0 Å². The van der Waals surface area contributed by atoms with E-state index < -0.39 is 0 Å². The van der Waals surface area contributed by atoms with Crippen LogP contribution < -0.4 is 10.6 Å². The van der Waals surface area contributed by atoms with Gasteiger partial charge in [0.1, 0.15) is 12.2 Å². The van der Waals surface area contributed by atoms with Crippen LogP contribution in [0, 0.1) is 0 Å². The highest BCUT2D eigenvalue weighted by molar-refractivity contribution is 6.35. The number of benzene rings is 1. The van der Waals surface area contributed by atoms with E-state index in [0.717, 1.165) is 17.8 Å². The van der Waals surface area contributed by atoms with Crippen molar-refractivity contribution in [3.8, 4) is 0 Å². The highest BCUT2D eigenvalue weighted by Crippen LogP contribution is 2.21. The summed E-state index contributed by atoms with van der Waals surface area (Å²) in [5, 5.41) is 15.4. The number of carbonyl (C=O) groups excluding carboxylic acids is 1. The SMILES string of the molecule is CCc1nncn1CCNC(=NCc1ccc(Cl)cc1Cl)NCC(=O)N(C)C. The molecule has 0 saturated heterocycles. The van der Waals surface area contributed by atoms with Gasteiger partial charge in [0.15, 0.2) is 5.96 Å². The van der Waals surface area contributed by atoms with Crippen LogP contribution in [0.3, 0.4) is 0 Å². The summed E-state index contributed by atoms with van der Waals surface area (Å²) in [6.07, 6.45) is 2.51. The minimum atomic E-state index is -0.0499. The van der Waals surface area contributed by atoms with Crippen LogP contribution in [-0.4, -0.2) is 58.7 Å². The molecule has 0 fully saturated rings. The van der Waals surface area contributed by atoms with Crippen LogP contribution >= 0.6 is 23.2 Å². The zero-order valence-electron chi connectivity index (χ0n) is 16.2. The summed E-state index contributed by atoms with van der Waals surface area (Å²) in [6.45, 7) is 3.81. The van der Waals surface area contributed by atoms with E-state index >= 15 is 0 Å². The summed E-state index contributed by atoms with van der Waals surface area (Å²) in [5.41, 5.74) is 0.846. The van der Waals surface area contributed by atoms with Gasteiger partial charge in [-0.1, -0.05) is 36.2 Å². The van der Waals surface area contributed by atoms with Crippen molar-refractivity contribution < 1.29 is 4.79 Å². The molecule has 1 aromatic heterocycles. The molecular weight excluding hydrogens is 401 g/mol. The maximum Gasteiger partial charge on any atom is 0.241 e. The van der Waals surface area contributed by atoms with E-state index in [2.05, 4.69) is 25.8 Å². The first-order chi connectivity index (χ1) is 13.4. The van der Waals surface area contributed by atoms with Crippen molar-refractivity contribution in [1.29, 1.82) is 0 Å². The lowest BCUT2D eigenvalue weighted by atomic mass is 10.2. The highest BCUT2D eigenvalue weighted by atomic mass is 35.5. The first kappa shape index (κ1) is 22.0. The van der Waals surface area contributed by atoms with Crippen LogP contribution in [0.5, 0.6) is 0 Å². The largest absolute Gasteiger partial charge is 0.355 e. The average Bonchev–Trinajstić information content (AvgIpc) is 3.11. The van der Waals surface area contributed by atoms with Gasteiger partial charge in [-0.25, -0.2) is 4.99 Å². The molecule has 10 heteroatoms. The second kappa shape index (κ2) is 10.9. The fraction of sp³-hybridized carbons (Fsp3) is 0.444. The average molecular weight is 426 g/mol. The Morgan fingerprint density at radius 2 is 2.07 bits per heavy atom. The zero-order chi connectivity index (χ0) is 20.5. The molecule has 1 amide bonds. The van der Waals surface area contributed by atoms with Crippen LogP contribution in [0.4, 0.5) is 0 Å². The van der Waals surface area contributed by atoms with Gasteiger partial charge in [-0.05, 0) is 17.7 Å². The Balaban J connectivity index is 2.01. The molecule has 0 saturated carbocycles. The third kappa shape index (κ3) is 6.69. The number of likely N-dealkylation sites (N-methyl/N-ethyl adjacent to an activating group) is 1. The van der Waals surface area contributed by atoms with Gasteiger partial charge in [0.05, 0.1) is 13.1 Å². The van der Waals surface area contributed by atoms with Gasteiger partial charge in [-0.3, -0.25) is 4.79 Å². The van der Waals surface area contributed by atoms with Crippen molar-refractivity contribution in [3.05, 3.63) is 46.0 Å². The Hall–Kier alpha value is -2.32. The molecule has 0 atom stereocenters. The summed E-state index contributed by atoms with van der Waals surface area (Å²) in [5.74, 6) is 1.39. The molecule has 2 rings (SSSR count). The molecule has 152 valence electrons. The summed E-state index contributed by atoms with van der Waals surface area (Å²) in [7, 11) is 3.42. The quantitative estimate of drug-likeness (QED) is 0.498. The Kier molecular flexibility index (Phi) is 8.53. The number of hydrogen-bond acceptors (Lipinski definition) is 4.